The molecule has 1 heterocycles. The van der Waals surface area contributed by atoms with Gasteiger partial charge in [0.1, 0.15) is 11.6 Å². The minimum absolute atomic E-state index is 0.129. The number of aryl methyl sites for hydroxylation is 1. The van der Waals surface area contributed by atoms with E-state index in [0.29, 0.717) is 22.7 Å². The van der Waals surface area contributed by atoms with Gasteiger partial charge in [-0.15, -0.1) is 0 Å². The highest BCUT2D eigenvalue weighted by atomic mass is 19.1. The van der Waals surface area contributed by atoms with Crippen LogP contribution in [0.4, 0.5) is 15.8 Å². The van der Waals surface area contributed by atoms with Gasteiger partial charge >= 0.3 is 0 Å². The van der Waals surface area contributed by atoms with Gasteiger partial charge in [-0.3, -0.25) is 9.59 Å². The highest BCUT2D eigenvalue weighted by Crippen LogP contribution is 2.33. The number of rotatable bonds is 4. The molecule has 0 aliphatic carbocycles. The van der Waals surface area contributed by atoms with Gasteiger partial charge in [0.05, 0.1) is 5.69 Å². The third-order valence-corrected chi connectivity index (χ3v) is 4.10. The Hall–Kier alpha value is -2.89. The molecule has 0 saturated carbocycles. The van der Waals surface area contributed by atoms with E-state index in [2.05, 4.69) is 5.32 Å². The van der Waals surface area contributed by atoms with Gasteiger partial charge in [0, 0.05) is 18.7 Å². The van der Waals surface area contributed by atoms with Crippen LogP contribution in [0.5, 0.6) is 5.75 Å². The van der Waals surface area contributed by atoms with Gasteiger partial charge in [0.15, 0.2) is 6.10 Å². The number of hydrogen-bond acceptors (Lipinski definition) is 3. The Morgan fingerprint density at radius 1 is 1.28 bits per heavy atom. The van der Waals surface area contributed by atoms with Gasteiger partial charge < -0.3 is 15.0 Å². The zero-order chi connectivity index (χ0) is 18.0. The fourth-order valence-electron chi connectivity index (χ4n) is 2.78. The lowest BCUT2D eigenvalue weighted by molar-refractivity contribution is -0.125. The smallest absolute Gasteiger partial charge is 0.267 e. The predicted octanol–water partition coefficient (Wildman–Crippen LogP) is 3.28. The van der Waals surface area contributed by atoms with Gasteiger partial charge in [-0.1, -0.05) is 12.1 Å². The quantitative estimate of drug-likeness (QED) is 0.928. The Bertz CT molecular complexity index is 822. The van der Waals surface area contributed by atoms with Crippen LogP contribution in [0.3, 0.4) is 0 Å². The lowest BCUT2D eigenvalue weighted by atomic mass is 10.1. The van der Waals surface area contributed by atoms with Crippen LogP contribution >= 0.6 is 0 Å². The first-order valence-electron chi connectivity index (χ1n) is 8.09. The van der Waals surface area contributed by atoms with Gasteiger partial charge in [0.25, 0.3) is 5.91 Å². The standard InChI is InChI=1S/C19H19FN2O3/c1-12-11-14(20)7-8-15(12)21-18(23)9-10-22-16-5-3-4-6-17(16)25-13(2)19(22)24/h3-8,11,13H,9-10H2,1-2H3,(H,21,23)/t13-/m1/s1. The van der Waals surface area contributed by atoms with Crippen LogP contribution in [0, 0.1) is 12.7 Å². The molecule has 2 aromatic carbocycles. The van der Waals surface area contributed by atoms with E-state index in [1.54, 1.807) is 30.9 Å². The fourth-order valence-corrected chi connectivity index (χ4v) is 2.78. The van der Waals surface area contributed by atoms with E-state index in [9.17, 15) is 14.0 Å². The summed E-state index contributed by atoms with van der Waals surface area (Å²) in [6.45, 7) is 3.66. The molecular weight excluding hydrogens is 323 g/mol. The van der Waals surface area contributed by atoms with E-state index in [1.165, 1.54) is 18.2 Å². The van der Waals surface area contributed by atoms with Crippen molar-refractivity contribution in [2.75, 3.05) is 16.8 Å². The maximum atomic E-state index is 13.1. The summed E-state index contributed by atoms with van der Waals surface area (Å²) in [5.74, 6) is -0.131. The van der Waals surface area contributed by atoms with Gasteiger partial charge in [-0.2, -0.15) is 0 Å². The number of nitrogens with one attached hydrogen (secondary N) is 1. The number of carbonyl (C=O) groups is 2. The second kappa shape index (κ2) is 6.93. The molecule has 2 amide bonds. The average molecular weight is 342 g/mol. The van der Waals surface area contributed by atoms with Crippen LogP contribution < -0.4 is 15.0 Å². The lowest BCUT2D eigenvalue weighted by Gasteiger charge is -2.32. The van der Waals surface area contributed by atoms with Crippen LogP contribution in [-0.4, -0.2) is 24.5 Å². The van der Waals surface area contributed by atoms with Crippen molar-refractivity contribution in [3.8, 4) is 5.75 Å². The summed E-state index contributed by atoms with van der Waals surface area (Å²) in [7, 11) is 0. The number of carbonyl (C=O) groups excluding carboxylic acids is 2. The molecule has 0 bridgehead atoms. The molecule has 130 valence electrons. The molecule has 0 radical (unpaired) electrons. The Morgan fingerprint density at radius 2 is 2.04 bits per heavy atom. The third kappa shape index (κ3) is 3.63. The average Bonchev–Trinajstić information content (AvgIpc) is 2.58. The minimum Gasteiger partial charge on any atom is -0.479 e. The molecule has 0 spiro atoms. The number of amides is 2. The minimum atomic E-state index is -0.586. The molecule has 3 rings (SSSR count). The first kappa shape index (κ1) is 17.0. The number of halogens is 1. The van der Waals surface area contributed by atoms with Crippen molar-refractivity contribution in [1.29, 1.82) is 0 Å². The fraction of sp³-hybridized carbons (Fsp3) is 0.263. The molecule has 0 fully saturated rings. The lowest BCUT2D eigenvalue weighted by Crippen LogP contribution is -2.45. The molecular formula is C19H19FN2O3. The predicted molar refractivity (Wildman–Crippen MR) is 93.3 cm³/mol. The van der Waals surface area contributed by atoms with Crippen molar-refractivity contribution in [3.63, 3.8) is 0 Å². The summed E-state index contributed by atoms with van der Waals surface area (Å²) < 4.78 is 18.7. The van der Waals surface area contributed by atoms with Crippen LogP contribution in [0.1, 0.15) is 18.9 Å². The van der Waals surface area contributed by atoms with Crippen molar-refractivity contribution in [2.24, 2.45) is 0 Å². The summed E-state index contributed by atoms with van der Waals surface area (Å²) >= 11 is 0. The third-order valence-electron chi connectivity index (χ3n) is 4.10. The Labute approximate surface area is 145 Å². The molecule has 5 nitrogen and oxygen atoms in total. The van der Waals surface area contributed by atoms with E-state index in [4.69, 9.17) is 4.74 Å². The second-order valence-electron chi connectivity index (χ2n) is 5.98. The first-order valence-corrected chi connectivity index (χ1v) is 8.09. The molecule has 2 aromatic rings. The Balaban J connectivity index is 1.68. The van der Waals surface area contributed by atoms with Crippen LogP contribution in [0.15, 0.2) is 42.5 Å². The number of anilines is 2. The molecule has 1 N–H and O–H groups in total. The van der Waals surface area contributed by atoms with E-state index in [1.807, 2.05) is 12.1 Å². The number of fused-ring (bicyclic) bond motifs is 1. The number of benzene rings is 2. The van der Waals surface area contributed by atoms with Crippen molar-refractivity contribution in [3.05, 3.63) is 53.8 Å². The zero-order valence-corrected chi connectivity index (χ0v) is 14.1. The number of nitrogens with zero attached hydrogens (tertiary/aromatic N) is 1. The van der Waals surface area contributed by atoms with Crippen molar-refractivity contribution in [1.82, 2.24) is 0 Å². The van der Waals surface area contributed by atoms with E-state index in [-0.39, 0.29) is 30.6 Å². The van der Waals surface area contributed by atoms with Crippen molar-refractivity contribution < 1.29 is 18.7 Å². The Morgan fingerprint density at radius 3 is 2.80 bits per heavy atom. The van der Waals surface area contributed by atoms with E-state index < -0.39 is 6.10 Å². The maximum absolute atomic E-state index is 13.1. The molecule has 25 heavy (non-hydrogen) atoms. The molecule has 1 aliphatic rings. The zero-order valence-electron chi connectivity index (χ0n) is 14.1. The van der Waals surface area contributed by atoms with Gasteiger partial charge in [-0.05, 0) is 49.7 Å². The maximum Gasteiger partial charge on any atom is 0.267 e. The topological polar surface area (TPSA) is 58.6 Å². The largest absolute Gasteiger partial charge is 0.479 e. The monoisotopic (exact) mass is 342 g/mol. The highest BCUT2D eigenvalue weighted by Gasteiger charge is 2.31. The normalized spacial score (nSPS) is 16.2. The van der Waals surface area contributed by atoms with Crippen LogP contribution in [0.25, 0.3) is 0 Å². The highest BCUT2D eigenvalue weighted by molar-refractivity contribution is 6.00. The van der Waals surface area contributed by atoms with Crippen molar-refractivity contribution in [2.45, 2.75) is 26.4 Å². The van der Waals surface area contributed by atoms with Crippen molar-refractivity contribution >= 4 is 23.2 Å². The molecule has 6 heteroatoms. The van der Waals surface area contributed by atoms with E-state index >= 15 is 0 Å². The first-order chi connectivity index (χ1) is 12.0. The molecule has 1 atom stereocenters. The van der Waals surface area contributed by atoms with E-state index in [0.717, 1.165) is 0 Å². The van der Waals surface area contributed by atoms with Crippen LogP contribution in [-0.2, 0) is 9.59 Å². The second-order valence-corrected chi connectivity index (χ2v) is 5.98. The van der Waals surface area contributed by atoms with Gasteiger partial charge in [0.2, 0.25) is 5.91 Å². The number of ether oxygens (including phenoxy) is 1. The Kier molecular flexibility index (Phi) is 4.70. The summed E-state index contributed by atoms with van der Waals surface area (Å²) in [6, 6.07) is 11.4. The summed E-state index contributed by atoms with van der Waals surface area (Å²) in [4.78, 5) is 26.2. The summed E-state index contributed by atoms with van der Waals surface area (Å²) in [5.41, 5.74) is 1.87. The van der Waals surface area contributed by atoms with Crippen LogP contribution in [0.2, 0.25) is 0 Å². The SMILES string of the molecule is Cc1cc(F)ccc1NC(=O)CCN1C(=O)[C@@H](C)Oc2ccccc21. The summed E-state index contributed by atoms with van der Waals surface area (Å²) in [6.07, 6.45) is -0.457. The van der Waals surface area contributed by atoms with Gasteiger partial charge in [-0.25, -0.2) is 4.39 Å². The number of para-hydroxylation sites is 2. The number of hydrogen-bond donors (Lipinski definition) is 1. The summed E-state index contributed by atoms with van der Waals surface area (Å²) in [5, 5.41) is 2.75. The molecule has 1 aliphatic heterocycles. The molecule has 0 unspecified atom stereocenters. The molecule has 0 aromatic heterocycles. The molecule has 0 saturated heterocycles.